The summed E-state index contributed by atoms with van der Waals surface area (Å²) in [5.41, 5.74) is 1.58. The van der Waals surface area contributed by atoms with Crippen molar-refractivity contribution in [3.63, 3.8) is 0 Å². The van der Waals surface area contributed by atoms with Crippen LogP contribution in [0.25, 0.3) is 0 Å². The Kier molecular flexibility index (Phi) is 4.50. The molecule has 1 aliphatic carbocycles. The fourth-order valence-electron chi connectivity index (χ4n) is 4.30. The molecule has 6 heteroatoms. The lowest BCUT2D eigenvalue weighted by Gasteiger charge is -2.45. The zero-order valence-electron chi connectivity index (χ0n) is 15.8. The maximum Gasteiger partial charge on any atom is 0.224 e. The van der Waals surface area contributed by atoms with Gasteiger partial charge < -0.3 is 15.0 Å². The predicted octanol–water partition coefficient (Wildman–Crippen LogP) is 4.16. The third-order valence-electron chi connectivity index (χ3n) is 5.63. The number of anilines is 2. The zero-order valence-corrected chi connectivity index (χ0v) is 15.8. The topological polar surface area (TPSA) is 54.5 Å². The molecule has 1 aromatic carbocycles. The van der Waals surface area contributed by atoms with Gasteiger partial charge in [-0.05, 0) is 43.0 Å². The van der Waals surface area contributed by atoms with Crippen LogP contribution in [0.4, 0.5) is 15.9 Å². The van der Waals surface area contributed by atoms with E-state index < -0.39 is 0 Å². The van der Waals surface area contributed by atoms with Crippen molar-refractivity contribution < 1.29 is 13.9 Å². The van der Waals surface area contributed by atoms with Crippen molar-refractivity contribution in [3.05, 3.63) is 47.8 Å². The van der Waals surface area contributed by atoms with Crippen LogP contribution in [-0.4, -0.2) is 24.0 Å². The Balaban J connectivity index is 1.78. The van der Waals surface area contributed by atoms with E-state index in [4.69, 9.17) is 4.74 Å². The molecule has 0 spiro atoms. The fourth-order valence-corrected chi connectivity index (χ4v) is 4.30. The summed E-state index contributed by atoms with van der Waals surface area (Å²) >= 11 is 0. The van der Waals surface area contributed by atoms with E-state index in [2.05, 4.69) is 17.2 Å². The molecule has 1 aliphatic heterocycles. The van der Waals surface area contributed by atoms with Crippen LogP contribution in [-0.2, 0) is 4.79 Å². The average molecular weight is 369 g/mol. The summed E-state index contributed by atoms with van der Waals surface area (Å²) in [4.78, 5) is 18.8. The number of methoxy groups -OCH3 is 1. The molecule has 2 heterocycles. The van der Waals surface area contributed by atoms with Crippen molar-refractivity contribution in [3.8, 4) is 5.88 Å². The van der Waals surface area contributed by atoms with E-state index in [0.29, 0.717) is 17.6 Å². The van der Waals surface area contributed by atoms with E-state index in [1.54, 1.807) is 26.2 Å². The van der Waals surface area contributed by atoms with Crippen LogP contribution in [0.3, 0.4) is 0 Å². The molecule has 0 unspecified atom stereocenters. The van der Waals surface area contributed by atoms with Gasteiger partial charge in [-0.2, -0.15) is 4.98 Å². The van der Waals surface area contributed by atoms with Gasteiger partial charge in [-0.3, -0.25) is 4.79 Å². The minimum absolute atomic E-state index is 0.00423. The summed E-state index contributed by atoms with van der Waals surface area (Å²) in [5.74, 6) is 1.50. The summed E-state index contributed by atoms with van der Waals surface area (Å²) in [6.07, 6.45) is 2.25. The van der Waals surface area contributed by atoms with Crippen LogP contribution >= 0.6 is 0 Å². The van der Waals surface area contributed by atoms with E-state index in [0.717, 1.165) is 24.1 Å². The molecular formula is C21H24FN3O2. The Bertz CT molecular complexity index is 868. The first-order valence-electron chi connectivity index (χ1n) is 9.36. The first kappa shape index (κ1) is 17.8. The molecule has 1 fully saturated rings. The number of rotatable bonds is 4. The molecule has 1 N–H and O–H groups in total. The molecule has 1 saturated carbocycles. The molecule has 0 bridgehead atoms. The highest BCUT2D eigenvalue weighted by molar-refractivity contribution is 5.94. The average Bonchev–Trinajstić information content (AvgIpc) is 3.48. The fraction of sp³-hybridized carbons (Fsp3) is 0.429. The molecule has 4 rings (SSSR count). The largest absolute Gasteiger partial charge is 0.481 e. The summed E-state index contributed by atoms with van der Waals surface area (Å²) in [7, 11) is 1.58. The molecule has 0 saturated heterocycles. The second-order valence-electron chi connectivity index (χ2n) is 7.47. The van der Waals surface area contributed by atoms with Crippen LogP contribution in [0.2, 0.25) is 0 Å². The van der Waals surface area contributed by atoms with Gasteiger partial charge in [0.2, 0.25) is 11.8 Å². The summed E-state index contributed by atoms with van der Waals surface area (Å²) in [6.45, 7) is 3.72. The van der Waals surface area contributed by atoms with Crippen LogP contribution in [0.1, 0.15) is 38.3 Å². The normalized spacial score (nSPS) is 24.3. The molecule has 0 radical (unpaired) electrons. The second kappa shape index (κ2) is 6.83. The maximum absolute atomic E-state index is 14.1. The monoisotopic (exact) mass is 369 g/mol. The Labute approximate surface area is 158 Å². The highest BCUT2D eigenvalue weighted by Crippen LogP contribution is 2.50. The number of nitrogens with one attached hydrogen (secondary N) is 1. The number of hydrogen-bond acceptors (Lipinski definition) is 4. The van der Waals surface area contributed by atoms with E-state index in [1.807, 2.05) is 17.0 Å². The van der Waals surface area contributed by atoms with Crippen molar-refractivity contribution >= 4 is 17.4 Å². The lowest BCUT2D eigenvalue weighted by molar-refractivity contribution is -0.117. The van der Waals surface area contributed by atoms with Crippen molar-refractivity contribution in [2.45, 2.75) is 38.8 Å². The smallest absolute Gasteiger partial charge is 0.224 e. The molecule has 27 heavy (non-hydrogen) atoms. The SMILES string of the molecule is COc1cccc(N[C@H]2c3cc(F)ccc3N(C(C)=O)[C@@H](C3CC3)[C@@H]2C)n1. The standard InChI is InChI=1S/C21H24FN3O2/c1-12-20(24-18-5-4-6-19(23-18)27-3)16-11-15(22)9-10-17(16)25(13(2)26)21(12)14-7-8-14/h4-6,9-12,14,20-21H,7-8H2,1-3H3,(H,23,24)/t12-,20-,21-/m1/s1. The molecule has 3 atom stereocenters. The van der Waals surface area contributed by atoms with Gasteiger partial charge in [0, 0.05) is 36.2 Å². The Hall–Kier alpha value is -2.63. The van der Waals surface area contributed by atoms with E-state index in [9.17, 15) is 9.18 Å². The Morgan fingerprint density at radius 3 is 2.74 bits per heavy atom. The predicted molar refractivity (Wildman–Crippen MR) is 102 cm³/mol. The Morgan fingerprint density at radius 2 is 2.07 bits per heavy atom. The number of fused-ring (bicyclic) bond motifs is 1. The van der Waals surface area contributed by atoms with Gasteiger partial charge in [-0.25, -0.2) is 4.39 Å². The molecule has 142 valence electrons. The number of halogens is 1. The summed E-state index contributed by atoms with van der Waals surface area (Å²) in [6, 6.07) is 10.2. The molecular weight excluding hydrogens is 345 g/mol. The van der Waals surface area contributed by atoms with Crippen LogP contribution in [0, 0.1) is 17.7 Å². The van der Waals surface area contributed by atoms with E-state index in [1.165, 1.54) is 12.1 Å². The number of carbonyl (C=O) groups is 1. The first-order valence-corrected chi connectivity index (χ1v) is 9.36. The molecule has 5 nitrogen and oxygen atoms in total. The number of pyridine rings is 1. The van der Waals surface area contributed by atoms with Crippen molar-refractivity contribution in [2.75, 3.05) is 17.3 Å². The van der Waals surface area contributed by atoms with Gasteiger partial charge in [0.05, 0.1) is 13.2 Å². The molecule has 1 aromatic heterocycles. The number of aromatic nitrogens is 1. The van der Waals surface area contributed by atoms with Gasteiger partial charge in [-0.15, -0.1) is 0 Å². The highest BCUT2D eigenvalue weighted by Gasteiger charge is 2.47. The van der Waals surface area contributed by atoms with Crippen molar-refractivity contribution in [2.24, 2.45) is 11.8 Å². The summed E-state index contributed by atoms with van der Waals surface area (Å²) in [5, 5.41) is 3.47. The number of ether oxygens (including phenoxy) is 1. The highest BCUT2D eigenvalue weighted by atomic mass is 19.1. The van der Waals surface area contributed by atoms with Gasteiger partial charge in [0.25, 0.3) is 0 Å². The third kappa shape index (κ3) is 3.24. The minimum atomic E-state index is -0.306. The van der Waals surface area contributed by atoms with Crippen LogP contribution in [0.5, 0.6) is 5.88 Å². The zero-order chi connectivity index (χ0) is 19.1. The molecule has 1 amide bonds. The molecule has 2 aliphatic rings. The lowest BCUT2D eigenvalue weighted by Crippen LogP contribution is -2.51. The Morgan fingerprint density at radius 1 is 1.30 bits per heavy atom. The third-order valence-corrected chi connectivity index (χ3v) is 5.63. The number of amides is 1. The quantitative estimate of drug-likeness (QED) is 0.879. The maximum atomic E-state index is 14.1. The van der Waals surface area contributed by atoms with E-state index in [-0.39, 0.29) is 29.7 Å². The van der Waals surface area contributed by atoms with Gasteiger partial charge in [-0.1, -0.05) is 13.0 Å². The first-order chi connectivity index (χ1) is 13.0. The van der Waals surface area contributed by atoms with E-state index >= 15 is 0 Å². The van der Waals surface area contributed by atoms with Gasteiger partial charge >= 0.3 is 0 Å². The van der Waals surface area contributed by atoms with Gasteiger partial charge in [0.1, 0.15) is 11.6 Å². The van der Waals surface area contributed by atoms with Crippen molar-refractivity contribution in [1.82, 2.24) is 4.98 Å². The lowest BCUT2D eigenvalue weighted by atomic mass is 9.80. The van der Waals surface area contributed by atoms with Gasteiger partial charge in [0.15, 0.2) is 0 Å². The molecule has 2 aromatic rings. The number of hydrogen-bond donors (Lipinski definition) is 1. The summed E-state index contributed by atoms with van der Waals surface area (Å²) < 4.78 is 19.3. The van der Waals surface area contributed by atoms with Crippen LogP contribution < -0.4 is 15.0 Å². The van der Waals surface area contributed by atoms with Crippen LogP contribution in [0.15, 0.2) is 36.4 Å². The number of carbonyl (C=O) groups excluding carboxylic acids is 1. The second-order valence-corrected chi connectivity index (χ2v) is 7.47. The number of benzene rings is 1. The van der Waals surface area contributed by atoms with Crippen molar-refractivity contribution in [1.29, 1.82) is 0 Å². The minimum Gasteiger partial charge on any atom is -0.481 e. The number of nitrogens with zero attached hydrogens (tertiary/aromatic N) is 2.